The zero-order valence-corrected chi connectivity index (χ0v) is 21.8. The van der Waals surface area contributed by atoms with Gasteiger partial charge in [-0.3, -0.25) is 4.79 Å². The predicted molar refractivity (Wildman–Crippen MR) is 133 cm³/mol. The van der Waals surface area contributed by atoms with E-state index < -0.39 is 11.9 Å². The number of anilines is 1. The van der Waals surface area contributed by atoms with Crippen molar-refractivity contribution < 1.29 is 23.9 Å². The summed E-state index contributed by atoms with van der Waals surface area (Å²) in [5.41, 5.74) is 0.594. The lowest BCUT2D eigenvalue weighted by Crippen LogP contribution is -2.17. The van der Waals surface area contributed by atoms with Gasteiger partial charge in [0.25, 0.3) is 0 Å². The van der Waals surface area contributed by atoms with Crippen LogP contribution in [0.3, 0.4) is 0 Å². The number of thioether (sulfide) groups is 1. The van der Waals surface area contributed by atoms with E-state index in [9.17, 15) is 14.4 Å². The molecular formula is C22H26N4O5S3. The Labute approximate surface area is 209 Å². The number of aromatic nitrogens is 3. The van der Waals surface area contributed by atoms with Crippen molar-refractivity contribution in [3.05, 3.63) is 44.2 Å². The van der Waals surface area contributed by atoms with Gasteiger partial charge in [-0.15, -0.1) is 32.9 Å². The molecule has 3 rings (SSSR count). The van der Waals surface area contributed by atoms with Crippen molar-refractivity contribution in [3.63, 3.8) is 0 Å². The Kier molecular flexibility index (Phi) is 9.25. The average molecular weight is 523 g/mol. The molecule has 0 aliphatic carbocycles. The van der Waals surface area contributed by atoms with Crippen molar-refractivity contribution in [3.8, 4) is 0 Å². The number of hydrogen-bond acceptors (Lipinski definition) is 10. The lowest BCUT2D eigenvalue weighted by molar-refractivity contribution is -0.113. The van der Waals surface area contributed by atoms with Gasteiger partial charge in [0.05, 0.1) is 24.5 Å². The van der Waals surface area contributed by atoms with Crippen molar-refractivity contribution in [2.45, 2.75) is 45.8 Å². The van der Waals surface area contributed by atoms with Crippen LogP contribution in [0, 0.1) is 6.92 Å². The van der Waals surface area contributed by atoms with E-state index >= 15 is 0 Å². The molecule has 0 saturated carbocycles. The van der Waals surface area contributed by atoms with Gasteiger partial charge in [0.15, 0.2) is 5.16 Å². The van der Waals surface area contributed by atoms with Crippen LogP contribution in [0.4, 0.5) is 5.00 Å². The summed E-state index contributed by atoms with van der Waals surface area (Å²) >= 11 is 3.92. The first kappa shape index (κ1) is 25.9. The number of ether oxygens (including phenoxy) is 2. The molecule has 34 heavy (non-hydrogen) atoms. The molecule has 0 unspecified atom stereocenters. The molecule has 3 heterocycles. The van der Waals surface area contributed by atoms with Crippen LogP contribution >= 0.6 is 34.4 Å². The Bertz CT molecular complexity index is 1150. The Morgan fingerprint density at radius 3 is 2.50 bits per heavy atom. The molecule has 0 spiro atoms. The molecule has 3 aromatic rings. The van der Waals surface area contributed by atoms with E-state index in [1.54, 1.807) is 32.1 Å². The van der Waals surface area contributed by atoms with Gasteiger partial charge in [-0.05, 0) is 44.7 Å². The molecule has 0 saturated heterocycles. The largest absolute Gasteiger partial charge is 0.462 e. The molecule has 0 atom stereocenters. The van der Waals surface area contributed by atoms with Gasteiger partial charge in [-0.1, -0.05) is 17.8 Å². The van der Waals surface area contributed by atoms with Crippen LogP contribution in [0.15, 0.2) is 22.7 Å². The van der Waals surface area contributed by atoms with Crippen LogP contribution < -0.4 is 5.32 Å². The second-order valence-corrected chi connectivity index (χ2v) is 9.93. The van der Waals surface area contributed by atoms with Crippen molar-refractivity contribution in [2.24, 2.45) is 0 Å². The Morgan fingerprint density at radius 1 is 1.12 bits per heavy atom. The summed E-state index contributed by atoms with van der Waals surface area (Å²) < 4.78 is 12.2. The SMILES string of the molecule is CCOC(=O)c1sc(NC(=O)CSc2nnc(Cc3cccs3)n2CC)c(C(=O)OCC)c1C. The van der Waals surface area contributed by atoms with E-state index in [1.807, 2.05) is 29.0 Å². The molecule has 0 fully saturated rings. The number of rotatable bonds is 11. The molecule has 3 aromatic heterocycles. The van der Waals surface area contributed by atoms with Crippen molar-refractivity contribution in [1.82, 2.24) is 14.8 Å². The van der Waals surface area contributed by atoms with Crippen LogP contribution in [0.2, 0.25) is 0 Å². The van der Waals surface area contributed by atoms with E-state index in [1.165, 1.54) is 16.6 Å². The van der Waals surface area contributed by atoms with E-state index in [-0.39, 0.29) is 40.3 Å². The molecule has 0 bridgehead atoms. The smallest absolute Gasteiger partial charge is 0.348 e. The van der Waals surface area contributed by atoms with Gasteiger partial charge < -0.3 is 19.4 Å². The van der Waals surface area contributed by atoms with Crippen LogP contribution in [-0.2, 0) is 27.2 Å². The van der Waals surface area contributed by atoms with E-state index in [0.29, 0.717) is 23.7 Å². The molecule has 1 amide bonds. The highest BCUT2D eigenvalue weighted by atomic mass is 32.2. The maximum Gasteiger partial charge on any atom is 0.348 e. The third-order valence-electron chi connectivity index (χ3n) is 4.69. The first-order valence-electron chi connectivity index (χ1n) is 10.7. The molecular weight excluding hydrogens is 496 g/mol. The van der Waals surface area contributed by atoms with Gasteiger partial charge in [0, 0.05) is 17.8 Å². The van der Waals surface area contributed by atoms with Crippen molar-refractivity contribution >= 4 is 57.3 Å². The van der Waals surface area contributed by atoms with Gasteiger partial charge in [-0.25, -0.2) is 9.59 Å². The summed E-state index contributed by atoms with van der Waals surface area (Å²) in [6.45, 7) is 8.09. The highest BCUT2D eigenvalue weighted by Crippen LogP contribution is 2.34. The zero-order chi connectivity index (χ0) is 24.7. The third kappa shape index (κ3) is 6.05. The third-order valence-corrected chi connectivity index (χ3v) is 7.73. The van der Waals surface area contributed by atoms with Gasteiger partial charge in [0.2, 0.25) is 5.91 Å². The number of carbonyl (C=O) groups excluding carboxylic acids is 3. The molecule has 1 N–H and O–H groups in total. The Morgan fingerprint density at radius 2 is 1.85 bits per heavy atom. The maximum absolute atomic E-state index is 12.7. The first-order chi connectivity index (χ1) is 16.4. The molecule has 0 aliphatic rings. The van der Waals surface area contributed by atoms with Gasteiger partial charge >= 0.3 is 11.9 Å². The second-order valence-electron chi connectivity index (χ2n) is 6.94. The quantitative estimate of drug-likeness (QED) is 0.291. The number of nitrogens with zero attached hydrogens (tertiary/aromatic N) is 3. The molecule has 182 valence electrons. The maximum atomic E-state index is 12.7. The number of thiophene rings is 2. The fraction of sp³-hybridized carbons (Fsp3) is 0.409. The molecule has 0 radical (unpaired) electrons. The summed E-state index contributed by atoms with van der Waals surface area (Å²) in [5.74, 6) is -0.577. The summed E-state index contributed by atoms with van der Waals surface area (Å²) in [7, 11) is 0. The number of esters is 2. The predicted octanol–water partition coefficient (Wildman–Crippen LogP) is 4.40. The van der Waals surface area contributed by atoms with Crippen LogP contribution in [-0.4, -0.2) is 51.6 Å². The fourth-order valence-electron chi connectivity index (χ4n) is 3.18. The monoisotopic (exact) mass is 522 g/mol. The molecule has 12 heteroatoms. The summed E-state index contributed by atoms with van der Waals surface area (Å²) in [5, 5.41) is 14.2. The van der Waals surface area contributed by atoms with E-state index in [0.717, 1.165) is 17.2 Å². The number of carbonyl (C=O) groups is 3. The van der Waals surface area contributed by atoms with Crippen LogP contribution in [0.1, 0.15) is 57.1 Å². The lowest BCUT2D eigenvalue weighted by atomic mass is 10.1. The highest BCUT2D eigenvalue weighted by Gasteiger charge is 2.27. The minimum atomic E-state index is -0.598. The number of amides is 1. The van der Waals surface area contributed by atoms with Gasteiger partial charge in [0.1, 0.15) is 15.7 Å². The summed E-state index contributed by atoms with van der Waals surface area (Å²) in [4.78, 5) is 39.0. The van der Waals surface area contributed by atoms with Crippen LogP contribution in [0.5, 0.6) is 0 Å². The van der Waals surface area contributed by atoms with Gasteiger partial charge in [-0.2, -0.15) is 0 Å². The topological polar surface area (TPSA) is 112 Å². The second kappa shape index (κ2) is 12.1. The van der Waals surface area contributed by atoms with Crippen molar-refractivity contribution in [1.29, 1.82) is 0 Å². The molecule has 0 aromatic carbocycles. The Hall–Kier alpha value is -2.70. The average Bonchev–Trinajstić information content (AvgIpc) is 3.52. The van der Waals surface area contributed by atoms with Crippen molar-refractivity contribution in [2.75, 3.05) is 24.3 Å². The first-order valence-corrected chi connectivity index (χ1v) is 13.4. The number of hydrogen-bond donors (Lipinski definition) is 1. The molecule has 0 aliphatic heterocycles. The van der Waals surface area contributed by atoms with E-state index in [2.05, 4.69) is 15.5 Å². The van der Waals surface area contributed by atoms with Crippen LogP contribution in [0.25, 0.3) is 0 Å². The summed E-state index contributed by atoms with van der Waals surface area (Å²) in [6, 6.07) is 4.05. The summed E-state index contributed by atoms with van der Waals surface area (Å²) in [6.07, 6.45) is 0.680. The lowest BCUT2D eigenvalue weighted by Gasteiger charge is -2.08. The number of nitrogens with one attached hydrogen (secondary N) is 1. The highest BCUT2D eigenvalue weighted by molar-refractivity contribution is 7.99. The minimum absolute atomic E-state index is 0.0606. The Balaban J connectivity index is 1.73. The minimum Gasteiger partial charge on any atom is -0.462 e. The normalized spacial score (nSPS) is 10.8. The fourth-order valence-corrected chi connectivity index (χ4v) is 5.81. The molecule has 9 nitrogen and oxygen atoms in total. The standard InChI is InChI=1S/C22H26N4O5S3/c1-5-26-15(11-14-9-8-10-32-14)24-25-22(26)33-12-16(27)23-19-17(20(28)30-6-2)13(4)18(34-19)21(29)31-7-3/h8-10H,5-7,11-12H2,1-4H3,(H,23,27). The zero-order valence-electron chi connectivity index (χ0n) is 19.4. The van der Waals surface area contributed by atoms with E-state index in [4.69, 9.17) is 9.47 Å².